The molecule has 0 saturated carbocycles. The van der Waals surface area contributed by atoms with Gasteiger partial charge in [-0.05, 0) is 0 Å². The van der Waals surface area contributed by atoms with Crippen LogP contribution in [-0.2, 0) is 10.1 Å². The van der Waals surface area contributed by atoms with Crippen molar-refractivity contribution in [3.05, 3.63) is 121 Å². The summed E-state index contributed by atoms with van der Waals surface area (Å²) in [6.07, 6.45) is 0. The van der Waals surface area contributed by atoms with Crippen molar-refractivity contribution in [2.24, 2.45) is 0 Å². The minimum absolute atomic E-state index is 0.0650. The van der Waals surface area contributed by atoms with Gasteiger partial charge in [0, 0.05) is 0 Å². The van der Waals surface area contributed by atoms with Crippen LogP contribution in [0.1, 0.15) is 0 Å². The molecule has 0 spiro atoms. The molecular formula is C25H24I2P2Se2Zn. The van der Waals surface area contributed by atoms with Crippen LogP contribution in [0.5, 0.6) is 0 Å². The monoisotopic (exact) mass is 864 g/mol. The van der Waals surface area contributed by atoms with E-state index in [1.54, 1.807) is 0 Å². The van der Waals surface area contributed by atoms with Gasteiger partial charge in [0.05, 0.1) is 0 Å². The molecule has 0 aromatic heterocycles. The molecule has 0 fully saturated rings. The number of benzene rings is 4. The normalized spacial score (nSPS) is 11.1. The van der Waals surface area contributed by atoms with Crippen LogP contribution in [0.3, 0.4) is 0 Å². The number of hydrogen-bond donors (Lipinski definition) is 0. The second-order valence-electron chi connectivity index (χ2n) is 7.12. The van der Waals surface area contributed by atoms with Crippen molar-refractivity contribution >= 4 is 102 Å². The van der Waals surface area contributed by atoms with Gasteiger partial charge in [-0.3, -0.25) is 0 Å². The van der Waals surface area contributed by atoms with E-state index in [-0.39, 0.29) is 10.1 Å². The summed E-state index contributed by atoms with van der Waals surface area (Å²) in [6.45, 7) is 0. The quantitative estimate of drug-likeness (QED) is 0.133. The van der Waals surface area contributed by atoms with E-state index in [9.17, 15) is 0 Å². The Morgan fingerprint density at radius 2 is 0.656 bits per heavy atom. The zero-order valence-electron chi connectivity index (χ0n) is 17.5. The predicted octanol–water partition coefficient (Wildman–Crippen LogP) is 5.68. The summed E-state index contributed by atoms with van der Waals surface area (Å²) in [4.78, 5) is 0. The van der Waals surface area contributed by atoms with Crippen LogP contribution < -0.4 is 21.2 Å². The van der Waals surface area contributed by atoms with E-state index in [1.807, 2.05) is 0 Å². The van der Waals surface area contributed by atoms with Crippen molar-refractivity contribution in [1.82, 2.24) is 0 Å². The zero-order valence-corrected chi connectivity index (χ0v) is 30.3. The van der Waals surface area contributed by atoms with Gasteiger partial charge in [0.2, 0.25) is 0 Å². The molecule has 0 heterocycles. The maximum atomic E-state index is 3.13. The summed E-state index contributed by atoms with van der Waals surface area (Å²) in [5.41, 5.74) is -3.31. The first-order valence-corrected chi connectivity index (χ1v) is 37.1. The van der Waals surface area contributed by atoms with Crippen LogP contribution >= 0.6 is 50.5 Å². The summed E-state index contributed by atoms with van der Waals surface area (Å²) < 4.78 is 0. The van der Waals surface area contributed by atoms with E-state index in [4.69, 9.17) is 0 Å². The molecule has 4 aromatic carbocycles. The molecule has 0 bridgehead atoms. The molecule has 0 aliphatic heterocycles. The Balaban J connectivity index is 0.000000913. The third kappa shape index (κ3) is 6.96. The molecule has 7 heteroatoms. The second-order valence-corrected chi connectivity index (χ2v) is 45.5. The molecule has 162 valence electrons. The van der Waals surface area contributed by atoms with Crippen molar-refractivity contribution in [3.8, 4) is 0 Å². The van der Waals surface area contributed by atoms with Gasteiger partial charge in [0.15, 0.2) is 0 Å². The molecule has 0 atom stereocenters. The first kappa shape index (κ1) is 27.4. The summed E-state index contributed by atoms with van der Waals surface area (Å²) in [6, 6.07) is 44.4. The first-order valence-electron chi connectivity index (χ1n) is 10.1. The molecule has 32 heavy (non-hydrogen) atoms. The predicted molar refractivity (Wildman–Crippen MR) is 165 cm³/mol. The summed E-state index contributed by atoms with van der Waals surface area (Å²) in [7, 11) is 0.0650. The van der Waals surface area contributed by atoms with Gasteiger partial charge in [-0.2, -0.15) is 0 Å². The SMILES string of the molecule is [I][Zn][I].[SeH]=P(CP(=[SeH])(c1ccccc1)c1ccccc1)(c1ccccc1)c1ccccc1. The molecule has 0 aliphatic rings. The molecule has 4 rings (SSSR count). The minimum atomic E-state index is -1.66. The van der Waals surface area contributed by atoms with Crippen LogP contribution in [0.25, 0.3) is 0 Å². The third-order valence-corrected chi connectivity index (χ3v) is 23.6. The van der Waals surface area contributed by atoms with Gasteiger partial charge in [-0.25, -0.2) is 0 Å². The van der Waals surface area contributed by atoms with Crippen molar-refractivity contribution in [2.75, 3.05) is 5.90 Å². The molecule has 2 radical (unpaired) electrons. The van der Waals surface area contributed by atoms with E-state index in [0.29, 0.717) is 0 Å². The van der Waals surface area contributed by atoms with Gasteiger partial charge < -0.3 is 0 Å². The Labute approximate surface area is 236 Å². The van der Waals surface area contributed by atoms with E-state index < -0.39 is 11.0 Å². The Hall–Kier alpha value is 0.862. The second kappa shape index (κ2) is 13.8. The number of hydrogen-bond acceptors (Lipinski definition) is 0. The Morgan fingerprint density at radius 3 is 0.844 bits per heavy atom. The standard InChI is InChI=1S/C25H24P2Se2.2HI.Zn/c28-26(22-13-5-1-6-14-22,23-15-7-2-8-16-23)21-27(29,24-17-9-3-10-18-24)25-19-11-4-12-20-25;;;/h1-20,28-29H,21H2;2*1H;/q;;;+2/p-2. The molecule has 0 nitrogen and oxygen atoms in total. The van der Waals surface area contributed by atoms with Crippen LogP contribution in [0.2, 0.25) is 0 Å². The zero-order chi connectivity index (χ0) is 22.9. The summed E-state index contributed by atoms with van der Waals surface area (Å²) in [5.74, 6) is 1.14. The molecule has 0 unspecified atom stereocenters. The first-order chi connectivity index (χ1) is 15.5. The fourth-order valence-corrected chi connectivity index (χ4v) is 26.6. The third-order valence-electron chi connectivity index (χ3n) is 5.14. The molecule has 0 saturated heterocycles. The summed E-state index contributed by atoms with van der Waals surface area (Å²) >= 11 is 11.2. The Bertz CT molecular complexity index is 1010. The van der Waals surface area contributed by atoms with E-state index >= 15 is 0 Å². The van der Waals surface area contributed by atoms with E-state index in [0.717, 1.165) is 5.90 Å². The average molecular weight is 864 g/mol. The molecule has 0 aliphatic carbocycles. The van der Waals surface area contributed by atoms with Gasteiger partial charge in [-0.1, -0.05) is 0 Å². The molecule has 0 N–H and O–H groups in total. The maximum absolute atomic E-state index is 3.13. The van der Waals surface area contributed by atoms with Crippen LogP contribution in [-0.4, -0.2) is 36.1 Å². The molecule has 4 aromatic rings. The number of halogens is 2. The van der Waals surface area contributed by atoms with Crippen LogP contribution in [0, 0.1) is 0 Å². The fourth-order valence-electron chi connectivity index (χ4n) is 3.62. The molecular weight excluding hydrogens is 839 g/mol. The van der Waals surface area contributed by atoms with Crippen LogP contribution in [0.15, 0.2) is 121 Å². The van der Waals surface area contributed by atoms with Crippen molar-refractivity contribution in [1.29, 1.82) is 0 Å². The van der Waals surface area contributed by atoms with Crippen molar-refractivity contribution in [3.63, 3.8) is 0 Å². The van der Waals surface area contributed by atoms with E-state index in [1.165, 1.54) is 21.2 Å². The fraction of sp³-hybridized carbons (Fsp3) is 0.0400. The van der Waals surface area contributed by atoms with Gasteiger partial charge >= 0.3 is 239 Å². The van der Waals surface area contributed by atoms with E-state index in [2.05, 4.69) is 191 Å². The van der Waals surface area contributed by atoms with Gasteiger partial charge in [0.1, 0.15) is 0 Å². The molecule has 0 amide bonds. The van der Waals surface area contributed by atoms with Gasteiger partial charge in [-0.15, -0.1) is 0 Å². The van der Waals surface area contributed by atoms with Crippen molar-refractivity contribution in [2.45, 2.75) is 0 Å². The average Bonchev–Trinajstić information content (AvgIpc) is 2.86. The Morgan fingerprint density at radius 1 is 0.469 bits per heavy atom. The van der Waals surface area contributed by atoms with Gasteiger partial charge in [0.25, 0.3) is 0 Å². The van der Waals surface area contributed by atoms with Crippen molar-refractivity contribution < 1.29 is 10.1 Å². The topological polar surface area (TPSA) is 0 Å². The Kier molecular flexibility index (Phi) is 11.9. The summed E-state index contributed by atoms with van der Waals surface area (Å²) in [5, 5.41) is 5.81. The van der Waals surface area contributed by atoms with Crippen LogP contribution in [0.4, 0.5) is 0 Å². The number of rotatable bonds is 6.